The second kappa shape index (κ2) is 13.3. The summed E-state index contributed by atoms with van der Waals surface area (Å²) in [5, 5.41) is 0. The number of imidazole rings is 1. The lowest BCUT2D eigenvalue weighted by Crippen LogP contribution is -2.30. The fourth-order valence-electron chi connectivity index (χ4n) is 5.12. The molecule has 2 aromatic carbocycles. The summed E-state index contributed by atoms with van der Waals surface area (Å²) in [4.78, 5) is 37.2. The Morgan fingerprint density at radius 3 is 2.29 bits per heavy atom. The van der Waals surface area contributed by atoms with Gasteiger partial charge in [-0.2, -0.15) is 0 Å². The van der Waals surface area contributed by atoms with Crippen LogP contribution >= 0.6 is 0 Å². The zero-order valence-electron chi connectivity index (χ0n) is 26.2. The number of fused-ring (bicyclic) bond motifs is 1. The Balaban J connectivity index is 1.68. The topological polar surface area (TPSA) is 77.3 Å². The molecule has 4 rings (SSSR count). The first-order chi connectivity index (χ1) is 20.0. The molecule has 1 amide bonds. The maximum Gasteiger partial charge on any atom is 0.339 e. The summed E-state index contributed by atoms with van der Waals surface area (Å²) in [7, 11) is 0. The number of amides is 1. The standard InChI is InChI=1S/C35H44N4O3/c1-8-10-16-32-37-30-22-31(38(25(4)40)21-11-9-2)24(3)36-33(30)39(32)23-26-17-19-27(20-18-26)28-14-12-13-15-29(28)34(41)42-35(5,6)7/h12-15,17-20,22H,8-11,16,21,23H2,1-7H3. The minimum absolute atomic E-state index is 0.0201. The third-order valence-corrected chi connectivity index (χ3v) is 7.28. The lowest BCUT2D eigenvalue weighted by Gasteiger charge is -2.22. The fraction of sp³-hybridized carbons (Fsp3) is 0.429. The average molecular weight is 569 g/mol. The van der Waals surface area contributed by atoms with Crippen molar-refractivity contribution in [2.45, 2.75) is 92.7 Å². The van der Waals surface area contributed by atoms with E-state index in [0.717, 1.165) is 77.2 Å². The van der Waals surface area contributed by atoms with Gasteiger partial charge < -0.3 is 14.2 Å². The van der Waals surface area contributed by atoms with Gasteiger partial charge >= 0.3 is 5.97 Å². The van der Waals surface area contributed by atoms with Gasteiger partial charge in [0.1, 0.15) is 16.9 Å². The fourth-order valence-corrected chi connectivity index (χ4v) is 5.12. The van der Waals surface area contributed by atoms with Crippen molar-refractivity contribution in [3.63, 3.8) is 0 Å². The molecule has 0 aliphatic heterocycles. The van der Waals surface area contributed by atoms with Crippen LogP contribution in [0.1, 0.15) is 94.7 Å². The molecule has 0 aliphatic carbocycles. The van der Waals surface area contributed by atoms with Crippen LogP contribution in [0.3, 0.4) is 0 Å². The predicted molar refractivity (Wildman–Crippen MR) is 170 cm³/mol. The van der Waals surface area contributed by atoms with Gasteiger partial charge in [-0.05, 0) is 69.4 Å². The van der Waals surface area contributed by atoms with Gasteiger partial charge in [0.05, 0.1) is 23.5 Å². The van der Waals surface area contributed by atoms with Crippen LogP contribution in [0.2, 0.25) is 0 Å². The van der Waals surface area contributed by atoms with Gasteiger partial charge in [-0.15, -0.1) is 0 Å². The molecule has 7 nitrogen and oxygen atoms in total. The van der Waals surface area contributed by atoms with E-state index in [9.17, 15) is 9.59 Å². The first kappa shape index (κ1) is 30.9. The number of benzene rings is 2. The zero-order valence-corrected chi connectivity index (χ0v) is 26.2. The van der Waals surface area contributed by atoms with Crippen molar-refractivity contribution in [1.82, 2.24) is 14.5 Å². The second-order valence-corrected chi connectivity index (χ2v) is 11.9. The highest BCUT2D eigenvalue weighted by Gasteiger charge is 2.22. The number of ether oxygens (including phenoxy) is 1. The molecule has 0 radical (unpaired) electrons. The third kappa shape index (κ3) is 7.25. The summed E-state index contributed by atoms with van der Waals surface area (Å²) in [6.07, 6.45) is 4.91. The minimum atomic E-state index is -0.565. The SMILES string of the molecule is CCCCc1nc2cc(N(CCCC)C(C)=O)c(C)nc2n1Cc1ccc(-c2ccccc2C(=O)OC(C)(C)C)cc1. The second-order valence-electron chi connectivity index (χ2n) is 11.9. The molecule has 0 atom stereocenters. The van der Waals surface area contributed by atoms with E-state index in [4.69, 9.17) is 14.7 Å². The molecule has 0 fully saturated rings. The summed E-state index contributed by atoms with van der Waals surface area (Å²) in [6.45, 7) is 14.8. The summed E-state index contributed by atoms with van der Waals surface area (Å²) >= 11 is 0. The van der Waals surface area contributed by atoms with Crippen LogP contribution in [0.15, 0.2) is 54.6 Å². The third-order valence-electron chi connectivity index (χ3n) is 7.28. The van der Waals surface area contributed by atoms with Gasteiger partial charge in [-0.3, -0.25) is 4.79 Å². The van der Waals surface area contributed by atoms with Crippen LogP contribution in [-0.2, 0) is 22.5 Å². The number of nitrogens with zero attached hydrogens (tertiary/aromatic N) is 4. The molecule has 4 aromatic rings. The Morgan fingerprint density at radius 2 is 1.64 bits per heavy atom. The van der Waals surface area contributed by atoms with Crippen molar-refractivity contribution in [1.29, 1.82) is 0 Å². The number of carbonyl (C=O) groups excluding carboxylic acids is 2. The van der Waals surface area contributed by atoms with Crippen LogP contribution in [0.25, 0.3) is 22.3 Å². The lowest BCUT2D eigenvalue weighted by molar-refractivity contribution is -0.116. The summed E-state index contributed by atoms with van der Waals surface area (Å²) in [6, 6.07) is 17.9. The number of unbranched alkanes of at least 4 members (excludes halogenated alkanes) is 2. The van der Waals surface area contributed by atoms with Crippen LogP contribution in [0, 0.1) is 6.92 Å². The first-order valence-corrected chi connectivity index (χ1v) is 15.1. The number of aryl methyl sites for hydroxylation is 2. The molecule has 0 N–H and O–H groups in total. The van der Waals surface area contributed by atoms with E-state index in [1.54, 1.807) is 6.92 Å². The van der Waals surface area contributed by atoms with E-state index in [0.29, 0.717) is 18.7 Å². The van der Waals surface area contributed by atoms with Crippen molar-refractivity contribution in [2.24, 2.45) is 0 Å². The molecule has 0 spiro atoms. The number of hydrogen-bond donors (Lipinski definition) is 0. The minimum Gasteiger partial charge on any atom is -0.456 e. The molecule has 0 aliphatic rings. The summed E-state index contributed by atoms with van der Waals surface area (Å²) in [5.41, 5.74) is 6.21. The van der Waals surface area contributed by atoms with E-state index in [1.165, 1.54) is 0 Å². The van der Waals surface area contributed by atoms with Gasteiger partial charge in [-0.1, -0.05) is 69.2 Å². The molecule has 2 aromatic heterocycles. The largest absolute Gasteiger partial charge is 0.456 e. The quantitative estimate of drug-likeness (QED) is 0.172. The molecule has 0 bridgehead atoms. The van der Waals surface area contributed by atoms with Crippen molar-refractivity contribution in [2.75, 3.05) is 11.4 Å². The van der Waals surface area contributed by atoms with Gasteiger partial charge in [0, 0.05) is 19.9 Å². The summed E-state index contributed by atoms with van der Waals surface area (Å²) in [5.74, 6) is 0.691. The monoisotopic (exact) mass is 568 g/mol. The Hall–Kier alpha value is -4.00. The van der Waals surface area contributed by atoms with Crippen molar-refractivity contribution in [3.05, 3.63) is 77.2 Å². The van der Waals surface area contributed by atoms with E-state index >= 15 is 0 Å². The Kier molecular flexibility index (Phi) is 9.81. The number of esters is 1. The number of carbonyl (C=O) groups is 2. The Morgan fingerprint density at radius 1 is 0.952 bits per heavy atom. The molecule has 222 valence electrons. The van der Waals surface area contributed by atoms with E-state index in [1.807, 2.05) is 62.9 Å². The van der Waals surface area contributed by atoms with Gasteiger partial charge in [0.25, 0.3) is 0 Å². The highest BCUT2D eigenvalue weighted by Crippen LogP contribution is 2.29. The van der Waals surface area contributed by atoms with Crippen LogP contribution in [-0.4, -0.2) is 38.6 Å². The van der Waals surface area contributed by atoms with Crippen molar-refractivity contribution >= 4 is 28.7 Å². The Labute approximate surface area is 249 Å². The van der Waals surface area contributed by atoms with E-state index in [-0.39, 0.29) is 11.9 Å². The van der Waals surface area contributed by atoms with Crippen LogP contribution in [0.4, 0.5) is 5.69 Å². The number of rotatable bonds is 11. The lowest BCUT2D eigenvalue weighted by atomic mass is 9.98. The van der Waals surface area contributed by atoms with Gasteiger partial charge in [0.2, 0.25) is 5.91 Å². The average Bonchev–Trinajstić information content (AvgIpc) is 3.27. The zero-order chi connectivity index (χ0) is 30.4. The molecule has 0 saturated carbocycles. The molecule has 2 heterocycles. The molecule has 0 unspecified atom stereocenters. The normalized spacial score (nSPS) is 11.6. The number of hydrogen-bond acceptors (Lipinski definition) is 5. The smallest absolute Gasteiger partial charge is 0.339 e. The maximum absolute atomic E-state index is 12.9. The number of aromatic nitrogens is 3. The highest BCUT2D eigenvalue weighted by molar-refractivity contribution is 5.97. The number of anilines is 1. The maximum atomic E-state index is 12.9. The van der Waals surface area contributed by atoms with Gasteiger partial charge in [0.15, 0.2) is 5.65 Å². The van der Waals surface area contributed by atoms with Crippen LogP contribution < -0.4 is 4.90 Å². The Bertz CT molecular complexity index is 1550. The first-order valence-electron chi connectivity index (χ1n) is 15.1. The predicted octanol–water partition coefficient (Wildman–Crippen LogP) is 7.91. The van der Waals surface area contributed by atoms with Crippen molar-refractivity contribution < 1.29 is 14.3 Å². The highest BCUT2D eigenvalue weighted by atomic mass is 16.6. The van der Waals surface area contributed by atoms with Crippen LogP contribution in [0.5, 0.6) is 0 Å². The van der Waals surface area contributed by atoms with E-state index in [2.05, 4.69) is 42.7 Å². The number of pyridine rings is 1. The molecule has 7 heteroatoms. The molecule has 42 heavy (non-hydrogen) atoms. The molecule has 0 saturated heterocycles. The van der Waals surface area contributed by atoms with Gasteiger partial charge in [-0.25, -0.2) is 14.8 Å². The molecular formula is C35H44N4O3. The summed E-state index contributed by atoms with van der Waals surface area (Å²) < 4.78 is 7.86. The van der Waals surface area contributed by atoms with Crippen molar-refractivity contribution in [3.8, 4) is 11.1 Å². The van der Waals surface area contributed by atoms with E-state index < -0.39 is 5.60 Å². The molecular weight excluding hydrogens is 524 g/mol.